The molecule has 0 bridgehead atoms. The molecule has 1 atom stereocenters. The number of amides is 1. The molecule has 1 amide bonds. The van der Waals surface area contributed by atoms with Gasteiger partial charge in [-0.2, -0.15) is 0 Å². The smallest absolute Gasteiger partial charge is 0.332 e. The molecule has 1 unspecified atom stereocenters. The van der Waals surface area contributed by atoms with Gasteiger partial charge in [-0.3, -0.25) is 18.7 Å². The molecular weight excluding hydrogens is 308 g/mol. The first-order valence-electron chi connectivity index (χ1n) is 8.84. The molecule has 2 aliphatic rings. The predicted octanol–water partition coefficient (Wildman–Crippen LogP) is 0.310. The highest BCUT2D eigenvalue weighted by Crippen LogP contribution is 2.28. The lowest BCUT2D eigenvalue weighted by Crippen LogP contribution is -2.47. The molecule has 7 nitrogen and oxygen atoms in total. The number of piperidine rings is 1. The summed E-state index contributed by atoms with van der Waals surface area (Å²) < 4.78 is 2.72. The fourth-order valence-electron chi connectivity index (χ4n) is 3.33. The highest BCUT2D eigenvalue weighted by molar-refractivity contribution is 5.79. The van der Waals surface area contributed by atoms with Crippen molar-refractivity contribution in [3.63, 3.8) is 0 Å². The summed E-state index contributed by atoms with van der Waals surface area (Å²) in [4.78, 5) is 38.7. The maximum Gasteiger partial charge on any atom is 0.332 e. The summed E-state index contributed by atoms with van der Waals surface area (Å²) in [5.74, 6) is 1.31. The largest absolute Gasteiger partial charge is 0.357 e. The molecule has 1 N–H and O–H groups in total. The minimum atomic E-state index is -0.306. The van der Waals surface area contributed by atoms with Crippen molar-refractivity contribution in [1.82, 2.24) is 14.5 Å². The average molecular weight is 334 g/mol. The SMILES string of the molecule is CCn1c(N2CCCC(C(=O)NCC3CC3)C2)cc(=O)n(C)c1=O. The third-order valence-electron chi connectivity index (χ3n) is 5.07. The van der Waals surface area contributed by atoms with Crippen LogP contribution in [0.4, 0.5) is 5.82 Å². The number of hydrogen-bond donors (Lipinski definition) is 1. The minimum Gasteiger partial charge on any atom is -0.357 e. The Hall–Kier alpha value is -2.05. The Morgan fingerprint density at radius 3 is 2.71 bits per heavy atom. The van der Waals surface area contributed by atoms with E-state index in [0.717, 1.165) is 30.5 Å². The molecule has 7 heteroatoms. The standard InChI is InChI=1S/C17H26N4O3/c1-3-21-14(9-15(22)19(2)17(21)24)20-8-4-5-13(11-20)16(23)18-10-12-6-7-12/h9,12-13H,3-8,10-11H2,1-2H3,(H,18,23). The fourth-order valence-corrected chi connectivity index (χ4v) is 3.33. The van der Waals surface area contributed by atoms with E-state index in [-0.39, 0.29) is 23.1 Å². The maximum atomic E-state index is 12.4. The second-order valence-electron chi connectivity index (χ2n) is 6.90. The quantitative estimate of drug-likeness (QED) is 0.841. The normalized spacial score (nSPS) is 20.9. The van der Waals surface area contributed by atoms with Crippen LogP contribution in [0.2, 0.25) is 0 Å². The zero-order valence-electron chi connectivity index (χ0n) is 14.5. The molecule has 1 aliphatic carbocycles. The molecule has 1 aromatic rings. The molecule has 2 fully saturated rings. The lowest BCUT2D eigenvalue weighted by molar-refractivity contribution is -0.125. The predicted molar refractivity (Wildman–Crippen MR) is 92.3 cm³/mol. The van der Waals surface area contributed by atoms with Crippen molar-refractivity contribution in [2.24, 2.45) is 18.9 Å². The number of nitrogens with zero attached hydrogens (tertiary/aromatic N) is 3. The van der Waals surface area contributed by atoms with E-state index in [9.17, 15) is 14.4 Å². The molecule has 0 radical (unpaired) electrons. The van der Waals surface area contributed by atoms with E-state index in [1.807, 2.05) is 11.8 Å². The van der Waals surface area contributed by atoms with Gasteiger partial charge in [-0.05, 0) is 38.5 Å². The Morgan fingerprint density at radius 1 is 1.29 bits per heavy atom. The van der Waals surface area contributed by atoms with Crippen LogP contribution in [0.5, 0.6) is 0 Å². The summed E-state index contributed by atoms with van der Waals surface area (Å²) in [6, 6.07) is 1.51. The zero-order valence-corrected chi connectivity index (χ0v) is 14.5. The van der Waals surface area contributed by atoms with Crippen molar-refractivity contribution in [2.45, 2.75) is 39.2 Å². The first-order valence-corrected chi connectivity index (χ1v) is 8.84. The summed E-state index contributed by atoms with van der Waals surface area (Å²) in [7, 11) is 1.49. The van der Waals surface area contributed by atoms with Crippen LogP contribution in [0.25, 0.3) is 0 Å². The number of hydrogen-bond acceptors (Lipinski definition) is 4. The molecule has 1 aromatic heterocycles. The van der Waals surface area contributed by atoms with Gasteiger partial charge < -0.3 is 10.2 Å². The molecule has 132 valence electrons. The monoisotopic (exact) mass is 334 g/mol. The lowest BCUT2D eigenvalue weighted by atomic mass is 9.97. The molecule has 1 saturated carbocycles. The second-order valence-corrected chi connectivity index (χ2v) is 6.90. The van der Waals surface area contributed by atoms with Gasteiger partial charge in [0, 0.05) is 39.3 Å². The van der Waals surface area contributed by atoms with Crippen molar-refractivity contribution in [3.8, 4) is 0 Å². The fraction of sp³-hybridized carbons (Fsp3) is 0.706. The Balaban J connectivity index is 1.78. The van der Waals surface area contributed by atoms with E-state index in [1.165, 1.54) is 26.0 Å². The van der Waals surface area contributed by atoms with Crippen LogP contribution in [0.3, 0.4) is 0 Å². The van der Waals surface area contributed by atoms with Gasteiger partial charge in [0.25, 0.3) is 5.56 Å². The zero-order chi connectivity index (χ0) is 17.3. The van der Waals surface area contributed by atoms with Gasteiger partial charge >= 0.3 is 5.69 Å². The van der Waals surface area contributed by atoms with Gasteiger partial charge in [0.2, 0.25) is 5.91 Å². The van der Waals surface area contributed by atoms with Crippen molar-refractivity contribution in [2.75, 3.05) is 24.5 Å². The van der Waals surface area contributed by atoms with Crippen molar-refractivity contribution in [3.05, 3.63) is 26.9 Å². The van der Waals surface area contributed by atoms with Crippen LogP contribution >= 0.6 is 0 Å². The summed E-state index contributed by atoms with van der Waals surface area (Å²) >= 11 is 0. The van der Waals surface area contributed by atoms with Gasteiger partial charge in [0.05, 0.1) is 5.92 Å². The summed E-state index contributed by atoms with van der Waals surface area (Å²) in [6.45, 7) is 4.49. The second kappa shape index (κ2) is 6.83. The van der Waals surface area contributed by atoms with Gasteiger partial charge in [-0.1, -0.05) is 0 Å². The Bertz CT molecular complexity index is 732. The molecule has 3 rings (SSSR count). The molecule has 2 heterocycles. The Kier molecular flexibility index (Phi) is 4.78. The average Bonchev–Trinajstić information content (AvgIpc) is 3.42. The number of nitrogens with one attached hydrogen (secondary N) is 1. The van der Waals surface area contributed by atoms with Crippen LogP contribution < -0.4 is 21.5 Å². The van der Waals surface area contributed by atoms with Gasteiger partial charge in [-0.15, -0.1) is 0 Å². The highest BCUT2D eigenvalue weighted by atomic mass is 16.2. The number of carbonyl (C=O) groups is 1. The van der Waals surface area contributed by atoms with Gasteiger partial charge in [-0.25, -0.2) is 4.79 Å². The van der Waals surface area contributed by atoms with Crippen molar-refractivity contribution in [1.29, 1.82) is 0 Å². The molecule has 1 aliphatic heterocycles. The third kappa shape index (κ3) is 3.39. The summed E-state index contributed by atoms with van der Waals surface area (Å²) in [5, 5.41) is 3.05. The first-order chi connectivity index (χ1) is 11.5. The van der Waals surface area contributed by atoms with E-state index in [0.29, 0.717) is 24.8 Å². The van der Waals surface area contributed by atoms with E-state index in [2.05, 4.69) is 5.32 Å². The topological polar surface area (TPSA) is 76.3 Å². The van der Waals surface area contributed by atoms with Crippen LogP contribution in [0, 0.1) is 11.8 Å². The molecular formula is C17H26N4O3. The maximum absolute atomic E-state index is 12.4. The molecule has 24 heavy (non-hydrogen) atoms. The van der Waals surface area contributed by atoms with E-state index >= 15 is 0 Å². The summed E-state index contributed by atoms with van der Waals surface area (Å²) in [6.07, 6.45) is 4.17. The van der Waals surface area contributed by atoms with E-state index < -0.39 is 0 Å². The Labute approximate surface area is 141 Å². The van der Waals surface area contributed by atoms with E-state index in [1.54, 1.807) is 4.57 Å². The van der Waals surface area contributed by atoms with Gasteiger partial charge in [0.15, 0.2) is 0 Å². The number of carbonyl (C=O) groups excluding carboxylic acids is 1. The molecule has 0 aromatic carbocycles. The Morgan fingerprint density at radius 2 is 2.04 bits per heavy atom. The lowest BCUT2D eigenvalue weighted by Gasteiger charge is -2.34. The van der Waals surface area contributed by atoms with Crippen LogP contribution in [-0.2, 0) is 18.4 Å². The minimum absolute atomic E-state index is 0.0815. The van der Waals surface area contributed by atoms with Crippen LogP contribution in [0.1, 0.15) is 32.6 Å². The van der Waals surface area contributed by atoms with Crippen molar-refractivity contribution < 1.29 is 4.79 Å². The number of anilines is 1. The number of rotatable bonds is 5. The van der Waals surface area contributed by atoms with E-state index in [4.69, 9.17) is 0 Å². The van der Waals surface area contributed by atoms with Crippen LogP contribution in [-0.4, -0.2) is 34.7 Å². The summed E-state index contributed by atoms with van der Waals surface area (Å²) in [5.41, 5.74) is -0.611. The first kappa shape index (κ1) is 16.8. The van der Waals surface area contributed by atoms with Crippen LogP contribution in [0.15, 0.2) is 15.7 Å². The van der Waals surface area contributed by atoms with Crippen molar-refractivity contribution >= 4 is 11.7 Å². The third-order valence-corrected chi connectivity index (χ3v) is 5.07. The van der Waals surface area contributed by atoms with Gasteiger partial charge in [0.1, 0.15) is 5.82 Å². The highest BCUT2D eigenvalue weighted by Gasteiger charge is 2.29. The molecule has 0 spiro atoms. The molecule has 1 saturated heterocycles. The number of aromatic nitrogens is 2.